The van der Waals surface area contributed by atoms with Crippen LogP contribution in [0.25, 0.3) is 0 Å². The van der Waals surface area contributed by atoms with E-state index < -0.39 is 0 Å². The summed E-state index contributed by atoms with van der Waals surface area (Å²) < 4.78 is 0. The molecule has 2 rings (SSSR count). The summed E-state index contributed by atoms with van der Waals surface area (Å²) in [4.78, 5) is 2.02. The Bertz CT molecular complexity index is 337. The van der Waals surface area contributed by atoms with Crippen molar-refractivity contribution in [2.24, 2.45) is 0 Å². The fourth-order valence-corrected chi connectivity index (χ4v) is 1.73. The molecule has 1 saturated heterocycles. The first-order valence-electron chi connectivity index (χ1n) is 4.19. The molecule has 0 radical (unpaired) electrons. The predicted molar refractivity (Wildman–Crippen MR) is 58.8 cm³/mol. The van der Waals surface area contributed by atoms with E-state index in [9.17, 15) is 0 Å². The number of benzene rings is 1. The molecule has 68 valence electrons. The fourth-order valence-electron chi connectivity index (χ4n) is 1.43. The van der Waals surface area contributed by atoms with Gasteiger partial charge in [-0.1, -0.05) is 12.1 Å². The van der Waals surface area contributed by atoms with Crippen LogP contribution in [0.5, 0.6) is 0 Å². The third kappa shape index (κ3) is 1.45. The maximum Gasteiger partial charge on any atom is 0.173 e. The summed E-state index contributed by atoms with van der Waals surface area (Å²) in [6.07, 6.45) is 0. The third-order valence-corrected chi connectivity index (χ3v) is 2.45. The summed E-state index contributed by atoms with van der Waals surface area (Å²) in [6, 6.07) is 7.75. The molecule has 0 saturated carbocycles. The second-order valence-electron chi connectivity index (χ2n) is 2.94. The van der Waals surface area contributed by atoms with E-state index in [1.54, 1.807) is 0 Å². The van der Waals surface area contributed by atoms with Gasteiger partial charge in [0.1, 0.15) is 0 Å². The Morgan fingerprint density at radius 1 is 1.38 bits per heavy atom. The van der Waals surface area contributed by atoms with E-state index in [2.05, 4.69) is 5.32 Å². The fraction of sp³-hybridized carbons (Fsp3) is 0.222. The lowest BCUT2D eigenvalue weighted by Gasteiger charge is -2.18. The molecule has 0 amide bonds. The molecule has 4 heteroatoms. The van der Waals surface area contributed by atoms with Crippen LogP contribution < -0.4 is 16.0 Å². The van der Waals surface area contributed by atoms with Crippen LogP contribution in [0.15, 0.2) is 24.3 Å². The van der Waals surface area contributed by atoms with Crippen molar-refractivity contribution < 1.29 is 0 Å². The highest BCUT2D eigenvalue weighted by atomic mass is 32.1. The number of thiocarbonyl (C=S) groups is 1. The molecule has 1 aromatic rings. The molecule has 0 aromatic heterocycles. The zero-order valence-electron chi connectivity index (χ0n) is 7.16. The molecular weight excluding hydrogens is 182 g/mol. The zero-order chi connectivity index (χ0) is 9.26. The summed E-state index contributed by atoms with van der Waals surface area (Å²) in [5.41, 5.74) is 7.60. The standard InChI is InChI=1S/C9H11N3S/c10-7-3-1-2-4-8(7)12-6-5-11-9(12)13/h1-4H,5-6,10H2,(H,11,13). The number of nitrogens with zero attached hydrogens (tertiary/aromatic N) is 1. The molecule has 1 heterocycles. The summed E-state index contributed by atoms with van der Waals surface area (Å²) in [5, 5.41) is 3.86. The average molecular weight is 193 g/mol. The van der Waals surface area contributed by atoms with Gasteiger partial charge in [0.05, 0.1) is 11.4 Å². The lowest BCUT2D eigenvalue weighted by molar-refractivity contribution is 0.976. The summed E-state index contributed by atoms with van der Waals surface area (Å²) in [5.74, 6) is 0. The van der Waals surface area contributed by atoms with Gasteiger partial charge in [0.25, 0.3) is 0 Å². The number of hydrogen-bond acceptors (Lipinski definition) is 2. The summed E-state index contributed by atoms with van der Waals surface area (Å²) in [6.45, 7) is 1.79. The van der Waals surface area contributed by atoms with Crippen LogP contribution in [0.2, 0.25) is 0 Å². The molecular formula is C9H11N3S. The minimum absolute atomic E-state index is 0.762. The molecule has 1 aliphatic heterocycles. The van der Waals surface area contributed by atoms with Crippen LogP contribution in [0.3, 0.4) is 0 Å². The van der Waals surface area contributed by atoms with E-state index in [-0.39, 0.29) is 0 Å². The Labute approximate surface area is 82.5 Å². The van der Waals surface area contributed by atoms with Gasteiger partial charge in [-0.2, -0.15) is 0 Å². The van der Waals surface area contributed by atoms with Crippen molar-refractivity contribution >= 4 is 28.7 Å². The molecule has 1 aromatic carbocycles. The Morgan fingerprint density at radius 3 is 2.77 bits per heavy atom. The molecule has 0 atom stereocenters. The van der Waals surface area contributed by atoms with E-state index in [1.165, 1.54) is 0 Å². The predicted octanol–water partition coefficient (Wildman–Crippen LogP) is 0.963. The number of para-hydroxylation sites is 2. The SMILES string of the molecule is Nc1ccccc1N1CCNC1=S. The van der Waals surface area contributed by atoms with Crippen LogP contribution >= 0.6 is 12.2 Å². The van der Waals surface area contributed by atoms with Crippen molar-refractivity contribution in [3.63, 3.8) is 0 Å². The van der Waals surface area contributed by atoms with Gasteiger partial charge in [0.15, 0.2) is 5.11 Å². The number of nitrogen functional groups attached to an aromatic ring is 1. The van der Waals surface area contributed by atoms with Gasteiger partial charge in [-0.25, -0.2) is 0 Å². The van der Waals surface area contributed by atoms with Gasteiger partial charge >= 0.3 is 0 Å². The molecule has 0 spiro atoms. The molecule has 0 bridgehead atoms. The second-order valence-corrected chi connectivity index (χ2v) is 3.33. The monoisotopic (exact) mass is 193 g/mol. The second kappa shape index (κ2) is 3.22. The van der Waals surface area contributed by atoms with Crippen molar-refractivity contribution in [1.82, 2.24) is 5.32 Å². The van der Waals surface area contributed by atoms with Crippen molar-refractivity contribution in [2.45, 2.75) is 0 Å². The minimum atomic E-state index is 0.762. The number of hydrogen-bond donors (Lipinski definition) is 2. The number of nitrogens with two attached hydrogens (primary N) is 1. The largest absolute Gasteiger partial charge is 0.397 e. The topological polar surface area (TPSA) is 41.3 Å². The third-order valence-electron chi connectivity index (χ3n) is 2.08. The van der Waals surface area contributed by atoms with E-state index in [0.29, 0.717) is 0 Å². The summed E-state index contributed by atoms with van der Waals surface area (Å²) >= 11 is 5.14. The minimum Gasteiger partial charge on any atom is -0.397 e. The molecule has 0 aliphatic carbocycles. The van der Waals surface area contributed by atoms with E-state index >= 15 is 0 Å². The highest BCUT2D eigenvalue weighted by molar-refractivity contribution is 7.80. The van der Waals surface area contributed by atoms with Crippen molar-refractivity contribution in [3.05, 3.63) is 24.3 Å². The molecule has 13 heavy (non-hydrogen) atoms. The number of nitrogens with one attached hydrogen (secondary N) is 1. The number of anilines is 2. The van der Waals surface area contributed by atoms with E-state index in [4.69, 9.17) is 18.0 Å². The molecule has 3 nitrogen and oxygen atoms in total. The molecule has 0 unspecified atom stereocenters. The first-order valence-corrected chi connectivity index (χ1v) is 4.60. The van der Waals surface area contributed by atoms with E-state index in [1.807, 2.05) is 29.2 Å². The zero-order valence-corrected chi connectivity index (χ0v) is 7.97. The average Bonchev–Trinajstić information content (AvgIpc) is 2.52. The first-order chi connectivity index (χ1) is 6.29. The van der Waals surface area contributed by atoms with Crippen LogP contribution in [-0.2, 0) is 0 Å². The van der Waals surface area contributed by atoms with Gasteiger partial charge in [0, 0.05) is 13.1 Å². The van der Waals surface area contributed by atoms with Gasteiger partial charge in [0.2, 0.25) is 0 Å². The van der Waals surface area contributed by atoms with Crippen LogP contribution in [0.1, 0.15) is 0 Å². The lowest BCUT2D eigenvalue weighted by Crippen LogP contribution is -2.27. The van der Waals surface area contributed by atoms with Crippen LogP contribution in [0.4, 0.5) is 11.4 Å². The van der Waals surface area contributed by atoms with Gasteiger partial charge in [-0.15, -0.1) is 0 Å². The van der Waals surface area contributed by atoms with Gasteiger partial charge in [-0.05, 0) is 24.4 Å². The molecule has 1 aliphatic rings. The first kappa shape index (κ1) is 8.31. The Morgan fingerprint density at radius 2 is 2.15 bits per heavy atom. The molecule has 1 fully saturated rings. The molecule has 3 N–H and O–H groups in total. The Balaban J connectivity index is 2.34. The highest BCUT2D eigenvalue weighted by Gasteiger charge is 2.18. The van der Waals surface area contributed by atoms with Crippen molar-refractivity contribution in [1.29, 1.82) is 0 Å². The summed E-state index contributed by atoms with van der Waals surface area (Å²) in [7, 11) is 0. The van der Waals surface area contributed by atoms with E-state index in [0.717, 1.165) is 29.6 Å². The van der Waals surface area contributed by atoms with Gasteiger partial charge in [-0.3, -0.25) is 0 Å². The van der Waals surface area contributed by atoms with Gasteiger partial charge < -0.3 is 16.0 Å². The highest BCUT2D eigenvalue weighted by Crippen LogP contribution is 2.23. The smallest absolute Gasteiger partial charge is 0.173 e. The normalized spacial score (nSPS) is 16.0. The van der Waals surface area contributed by atoms with Crippen molar-refractivity contribution in [2.75, 3.05) is 23.7 Å². The Hall–Kier alpha value is -1.29. The maximum atomic E-state index is 5.83. The Kier molecular flexibility index (Phi) is 2.06. The van der Waals surface area contributed by atoms with Crippen LogP contribution in [0, 0.1) is 0 Å². The van der Waals surface area contributed by atoms with Crippen molar-refractivity contribution in [3.8, 4) is 0 Å². The van der Waals surface area contributed by atoms with Crippen LogP contribution in [-0.4, -0.2) is 18.2 Å². The maximum absolute atomic E-state index is 5.83. The quantitative estimate of drug-likeness (QED) is 0.515. The number of rotatable bonds is 1. The lowest BCUT2D eigenvalue weighted by atomic mass is 10.2.